The molecule has 8 rings (SSSR count). The average Bonchev–Trinajstić information content (AvgIpc) is 3.24. The predicted octanol–water partition coefficient (Wildman–Crippen LogP) is 11.5. The Hall–Kier alpha value is -6.50. The lowest BCUT2D eigenvalue weighted by atomic mass is 9.88. The number of benzene rings is 6. The van der Waals surface area contributed by atoms with Crippen molar-refractivity contribution in [2.24, 2.45) is 5.73 Å². The number of pyridine rings is 2. The number of anilines is 3. The molecule has 0 aliphatic carbocycles. The smallest absolute Gasteiger partial charge is 0.124 e. The van der Waals surface area contributed by atoms with Crippen molar-refractivity contribution in [3.05, 3.63) is 186 Å². The Labute approximate surface area is 331 Å². The van der Waals surface area contributed by atoms with Gasteiger partial charge in [-0.3, -0.25) is 4.98 Å². The van der Waals surface area contributed by atoms with Crippen LogP contribution in [-0.4, -0.2) is 9.97 Å². The van der Waals surface area contributed by atoms with Gasteiger partial charge in [-0.2, -0.15) is 0 Å². The highest BCUT2D eigenvalue weighted by atomic mass is 14.9. The summed E-state index contributed by atoms with van der Waals surface area (Å²) in [4.78, 5) is 8.57. The molecule has 282 valence electrons. The molecular formula is C50H52N6. The summed E-state index contributed by atoms with van der Waals surface area (Å²) in [5.41, 5.74) is 36.2. The SMILES string of the molecule is CCc1ccc(C(C)C(N)c2ccc(CC)cc2)cc1.Cc1cccc(-c2cccc(N)n2)n1.Nc1ccc(-c2ccc(N)c3ccccc23)c2ccccc12. The number of nitrogens with two attached hydrogens (primary N) is 4. The molecule has 6 nitrogen and oxygen atoms in total. The number of nitrogen functional groups attached to an aromatic ring is 3. The first kappa shape index (κ1) is 39.2. The molecule has 2 aromatic heterocycles. The quantitative estimate of drug-likeness (QED) is 0.121. The van der Waals surface area contributed by atoms with E-state index in [-0.39, 0.29) is 6.04 Å². The van der Waals surface area contributed by atoms with Crippen LogP contribution in [0, 0.1) is 6.92 Å². The topological polar surface area (TPSA) is 130 Å². The third kappa shape index (κ3) is 9.23. The first-order chi connectivity index (χ1) is 27.2. The first-order valence-corrected chi connectivity index (χ1v) is 19.3. The molecule has 0 aliphatic rings. The number of hydrogen-bond donors (Lipinski definition) is 4. The molecular weight excluding hydrogens is 685 g/mol. The van der Waals surface area contributed by atoms with Gasteiger partial charge in [0.15, 0.2) is 0 Å². The molecule has 8 aromatic rings. The summed E-state index contributed by atoms with van der Waals surface area (Å²) < 4.78 is 0. The summed E-state index contributed by atoms with van der Waals surface area (Å²) in [6, 6.07) is 53.6. The molecule has 0 saturated carbocycles. The van der Waals surface area contributed by atoms with Crippen LogP contribution in [0.25, 0.3) is 44.1 Å². The fourth-order valence-electron chi connectivity index (χ4n) is 6.92. The number of rotatable bonds is 7. The summed E-state index contributed by atoms with van der Waals surface area (Å²) in [6.45, 7) is 8.52. The Kier molecular flexibility index (Phi) is 12.8. The molecule has 2 atom stereocenters. The van der Waals surface area contributed by atoms with Gasteiger partial charge in [-0.1, -0.05) is 142 Å². The van der Waals surface area contributed by atoms with Crippen molar-refractivity contribution in [3.8, 4) is 22.5 Å². The van der Waals surface area contributed by atoms with Gasteiger partial charge in [0.05, 0.1) is 11.4 Å². The van der Waals surface area contributed by atoms with Crippen LogP contribution >= 0.6 is 0 Å². The Morgan fingerprint density at radius 2 is 0.911 bits per heavy atom. The van der Waals surface area contributed by atoms with Crippen molar-refractivity contribution in [3.63, 3.8) is 0 Å². The van der Waals surface area contributed by atoms with Gasteiger partial charge in [-0.05, 0) is 100 Å². The second-order valence-corrected chi connectivity index (χ2v) is 14.1. The van der Waals surface area contributed by atoms with Gasteiger partial charge >= 0.3 is 0 Å². The maximum atomic E-state index is 6.43. The van der Waals surface area contributed by atoms with E-state index in [1.165, 1.54) is 33.4 Å². The zero-order valence-electron chi connectivity index (χ0n) is 32.8. The Morgan fingerprint density at radius 1 is 0.464 bits per heavy atom. The van der Waals surface area contributed by atoms with Crippen LogP contribution in [-0.2, 0) is 12.8 Å². The molecule has 0 aliphatic heterocycles. The molecule has 8 N–H and O–H groups in total. The fourth-order valence-corrected chi connectivity index (χ4v) is 6.92. The van der Waals surface area contributed by atoms with Crippen molar-refractivity contribution in [1.82, 2.24) is 9.97 Å². The molecule has 0 radical (unpaired) electrons. The normalized spacial score (nSPS) is 11.9. The van der Waals surface area contributed by atoms with Gasteiger partial charge in [-0.25, -0.2) is 4.98 Å². The highest BCUT2D eigenvalue weighted by Gasteiger charge is 2.17. The van der Waals surface area contributed by atoms with E-state index in [0.29, 0.717) is 11.7 Å². The van der Waals surface area contributed by atoms with E-state index in [4.69, 9.17) is 22.9 Å². The molecule has 2 heterocycles. The van der Waals surface area contributed by atoms with Gasteiger partial charge < -0.3 is 22.9 Å². The average molecular weight is 737 g/mol. The molecule has 56 heavy (non-hydrogen) atoms. The Bertz CT molecular complexity index is 2350. The number of aromatic nitrogens is 2. The highest BCUT2D eigenvalue weighted by molar-refractivity contribution is 6.10. The Balaban J connectivity index is 0.000000146. The van der Waals surface area contributed by atoms with Crippen LogP contribution in [0.3, 0.4) is 0 Å². The minimum atomic E-state index is 0.0494. The van der Waals surface area contributed by atoms with E-state index in [0.717, 1.165) is 62.8 Å². The van der Waals surface area contributed by atoms with Gasteiger partial charge in [0.1, 0.15) is 5.82 Å². The third-order valence-electron chi connectivity index (χ3n) is 10.4. The molecule has 0 bridgehead atoms. The summed E-state index contributed by atoms with van der Waals surface area (Å²) >= 11 is 0. The second kappa shape index (κ2) is 18.2. The van der Waals surface area contributed by atoms with Gasteiger partial charge in [-0.15, -0.1) is 0 Å². The van der Waals surface area contributed by atoms with E-state index >= 15 is 0 Å². The lowest BCUT2D eigenvalue weighted by Gasteiger charge is -2.21. The standard InChI is InChI=1S/C20H16N2.C19H25N.C11H11N3/c21-19-11-9-15(13-5-1-3-7-17(13)19)16-10-12-20(22)18-8-4-2-6-14(16)18;1-4-15-6-10-17(11-7-15)14(3)19(20)18-12-8-16(5-2)9-13-18;1-8-4-2-5-9(13-8)10-6-3-7-11(12)14-10/h1-12H,21-22H2;6-14,19H,4-5,20H2,1-3H3;2-7H,1H3,(H2,12,14). The molecule has 0 fully saturated rings. The fraction of sp³-hybridized carbons (Fsp3) is 0.160. The summed E-state index contributed by atoms with van der Waals surface area (Å²) in [5.74, 6) is 0.846. The zero-order chi connectivity index (χ0) is 39.6. The zero-order valence-corrected chi connectivity index (χ0v) is 32.8. The largest absolute Gasteiger partial charge is 0.398 e. The molecule has 2 unspecified atom stereocenters. The monoisotopic (exact) mass is 736 g/mol. The van der Waals surface area contributed by atoms with E-state index in [9.17, 15) is 0 Å². The van der Waals surface area contributed by atoms with Crippen LogP contribution in [0.2, 0.25) is 0 Å². The van der Waals surface area contributed by atoms with Crippen LogP contribution < -0.4 is 22.9 Å². The molecule has 0 amide bonds. The molecule has 0 saturated heterocycles. The van der Waals surface area contributed by atoms with Crippen molar-refractivity contribution < 1.29 is 0 Å². The maximum Gasteiger partial charge on any atom is 0.124 e. The number of hydrogen-bond acceptors (Lipinski definition) is 6. The van der Waals surface area contributed by atoms with Crippen LogP contribution in [0.4, 0.5) is 17.2 Å². The van der Waals surface area contributed by atoms with Crippen molar-refractivity contribution in [1.29, 1.82) is 0 Å². The number of fused-ring (bicyclic) bond motifs is 2. The minimum Gasteiger partial charge on any atom is -0.398 e. The van der Waals surface area contributed by atoms with Crippen molar-refractivity contribution >= 4 is 38.7 Å². The lowest BCUT2D eigenvalue weighted by Crippen LogP contribution is -2.17. The van der Waals surface area contributed by atoms with Crippen LogP contribution in [0.1, 0.15) is 60.7 Å². The van der Waals surface area contributed by atoms with Crippen LogP contribution in [0.15, 0.2) is 158 Å². The van der Waals surface area contributed by atoms with Crippen LogP contribution in [0.5, 0.6) is 0 Å². The Morgan fingerprint density at radius 3 is 1.38 bits per heavy atom. The minimum absolute atomic E-state index is 0.0494. The predicted molar refractivity (Wildman–Crippen MR) is 239 cm³/mol. The molecule has 6 heteroatoms. The maximum absolute atomic E-state index is 6.43. The number of nitrogens with zero attached hydrogens (tertiary/aromatic N) is 2. The van der Waals surface area contributed by atoms with E-state index in [2.05, 4.69) is 116 Å². The molecule has 6 aromatic carbocycles. The third-order valence-corrected chi connectivity index (χ3v) is 10.4. The second-order valence-electron chi connectivity index (χ2n) is 14.1. The summed E-state index contributed by atoms with van der Waals surface area (Å²) in [5, 5.41) is 4.50. The lowest BCUT2D eigenvalue weighted by molar-refractivity contribution is 0.597. The van der Waals surface area contributed by atoms with E-state index < -0.39 is 0 Å². The van der Waals surface area contributed by atoms with E-state index in [1.54, 1.807) is 6.07 Å². The van der Waals surface area contributed by atoms with Gasteiger partial charge in [0.25, 0.3) is 0 Å². The van der Waals surface area contributed by atoms with Gasteiger partial charge in [0.2, 0.25) is 0 Å². The van der Waals surface area contributed by atoms with E-state index in [1.807, 2.05) is 73.7 Å². The summed E-state index contributed by atoms with van der Waals surface area (Å²) in [7, 11) is 0. The number of aryl methyl sites for hydroxylation is 3. The highest BCUT2D eigenvalue weighted by Crippen LogP contribution is 2.37. The molecule has 0 spiro atoms. The van der Waals surface area contributed by atoms with Crippen molar-refractivity contribution in [2.45, 2.75) is 52.5 Å². The van der Waals surface area contributed by atoms with Gasteiger partial charge in [0, 0.05) is 39.8 Å². The summed E-state index contributed by atoms with van der Waals surface area (Å²) in [6.07, 6.45) is 2.16. The van der Waals surface area contributed by atoms with Crippen molar-refractivity contribution in [2.75, 3.05) is 17.2 Å². The first-order valence-electron chi connectivity index (χ1n) is 19.3.